The van der Waals surface area contributed by atoms with Crippen molar-refractivity contribution in [2.75, 3.05) is 20.8 Å². The summed E-state index contributed by atoms with van der Waals surface area (Å²) in [6.45, 7) is 0.417. The highest BCUT2D eigenvalue weighted by atomic mass is 16.5. The number of carbonyl (C=O) groups excluding carboxylic acids is 2. The van der Waals surface area contributed by atoms with Gasteiger partial charge in [-0.1, -0.05) is 11.8 Å². The highest BCUT2D eigenvalue weighted by Gasteiger charge is 2.38. The predicted molar refractivity (Wildman–Crippen MR) is 80.9 cm³/mol. The van der Waals surface area contributed by atoms with Gasteiger partial charge in [0.15, 0.2) is 0 Å². The van der Waals surface area contributed by atoms with Crippen LogP contribution in [0.3, 0.4) is 0 Å². The Hall–Kier alpha value is -2.56. The summed E-state index contributed by atoms with van der Waals surface area (Å²) in [6.07, 6.45) is 0.483. The third-order valence-corrected chi connectivity index (χ3v) is 3.50. The summed E-state index contributed by atoms with van der Waals surface area (Å²) in [6, 6.07) is 6.79. The van der Waals surface area contributed by atoms with E-state index in [0.29, 0.717) is 18.6 Å². The summed E-state index contributed by atoms with van der Waals surface area (Å²) < 4.78 is 9.62. The molecule has 0 amide bonds. The van der Waals surface area contributed by atoms with E-state index in [1.165, 1.54) is 7.11 Å². The van der Waals surface area contributed by atoms with E-state index in [0.717, 1.165) is 5.56 Å². The van der Waals surface area contributed by atoms with Gasteiger partial charge >= 0.3 is 5.97 Å². The summed E-state index contributed by atoms with van der Waals surface area (Å²) in [5.41, 5.74) is 1.25. The number of methoxy groups -OCH3 is 2. The minimum absolute atomic E-state index is 0.0449. The Morgan fingerprint density at radius 1 is 1.23 bits per heavy atom. The normalized spacial score (nSPS) is 19.1. The molecule has 1 saturated carbocycles. The summed E-state index contributed by atoms with van der Waals surface area (Å²) in [5, 5.41) is 0. The number of benzene rings is 1. The van der Waals surface area contributed by atoms with Crippen LogP contribution in [0.2, 0.25) is 0 Å². The zero-order valence-corrected chi connectivity index (χ0v) is 12.5. The van der Waals surface area contributed by atoms with Crippen LogP contribution in [0, 0.1) is 35.5 Å². The first-order valence-electron chi connectivity index (χ1n) is 6.87. The van der Waals surface area contributed by atoms with Gasteiger partial charge in [-0.05, 0) is 36.1 Å². The molecule has 0 aromatic heterocycles. The molecule has 4 heteroatoms. The number of hydrogen-bond acceptors (Lipinski definition) is 4. The smallest absolute Gasteiger partial charge is 0.337 e. The van der Waals surface area contributed by atoms with E-state index in [2.05, 4.69) is 28.4 Å². The summed E-state index contributed by atoms with van der Waals surface area (Å²) in [4.78, 5) is 22.7. The lowest BCUT2D eigenvalue weighted by atomic mass is 9.73. The van der Waals surface area contributed by atoms with Crippen molar-refractivity contribution in [1.82, 2.24) is 0 Å². The number of Topliss-reactive ketones (excluding diaryl/α,β-unsaturated/α-hetero) is 1. The van der Waals surface area contributed by atoms with Gasteiger partial charge in [0.25, 0.3) is 0 Å². The van der Waals surface area contributed by atoms with Crippen molar-refractivity contribution in [3.8, 4) is 23.7 Å². The van der Waals surface area contributed by atoms with Gasteiger partial charge in [0.1, 0.15) is 5.78 Å². The summed E-state index contributed by atoms with van der Waals surface area (Å²) in [5.74, 6) is 11.2. The van der Waals surface area contributed by atoms with Crippen molar-refractivity contribution in [3.63, 3.8) is 0 Å². The van der Waals surface area contributed by atoms with Crippen LogP contribution >= 0.6 is 0 Å². The Morgan fingerprint density at radius 2 is 1.95 bits per heavy atom. The molecule has 0 radical (unpaired) electrons. The van der Waals surface area contributed by atoms with E-state index < -0.39 is 0 Å². The first-order chi connectivity index (χ1) is 10.7. The van der Waals surface area contributed by atoms with E-state index in [9.17, 15) is 9.59 Å². The molecule has 2 atom stereocenters. The third kappa shape index (κ3) is 3.75. The molecule has 0 bridgehead atoms. The van der Waals surface area contributed by atoms with Crippen LogP contribution in [0.4, 0.5) is 0 Å². The molecule has 1 aliphatic rings. The topological polar surface area (TPSA) is 52.6 Å². The molecule has 2 rings (SSSR count). The maximum Gasteiger partial charge on any atom is 0.337 e. The van der Waals surface area contributed by atoms with Crippen LogP contribution in [-0.4, -0.2) is 32.6 Å². The first-order valence-corrected chi connectivity index (χ1v) is 6.87. The van der Waals surface area contributed by atoms with E-state index in [-0.39, 0.29) is 23.6 Å². The fraction of sp³-hybridized carbons (Fsp3) is 0.333. The average Bonchev–Trinajstić information content (AvgIpc) is 2.55. The molecule has 0 N–H and O–H groups in total. The molecule has 22 heavy (non-hydrogen) atoms. The van der Waals surface area contributed by atoms with Crippen molar-refractivity contribution >= 4 is 11.8 Å². The number of ketones is 1. The molecule has 1 fully saturated rings. The molecule has 4 nitrogen and oxygen atoms in total. The van der Waals surface area contributed by atoms with Gasteiger partial charge in [-0.25, -0.2) is 4.79 Å². The van der Waals surface area contributed by atoms with Crippen molar-refractivity contribution in [1.29, 1.82) is 0 Å². The van der Waals surface area contributed by atoms with Gasteiger partial charge in [0, 0.05) is 25.0 Å². The maximum absolute atomic E-state index is 11.4. The van der Waals surface area contributed by atoms with E-state index in [4.69, 9.17) is 4.74 Å². The van der Waals surface area contributed by atoms with E-state index in [1.54, 1.807) is 31.4 Å². The fourth-order valence-electron chi connectivity index (χ4n) is 2.15. The van der Waals surface area contributed by atoms with Gasteiger partial charge in [0.2, 0.25) is 0 Å². The van der Waals surface area contributed by atoms with Crippen LogP contribution < -0.4 is 0 Å². The van der Waals surface area contributed by atoms with Crippen molar-refractivity contribution in [2.24, 2.45) is 11.8 Å². The number of hydrogen-bond donors (Lipinski definition) is 0. The lowest BCUT2D eigenvalue weighted by molar-refractivity contribution is -0.134. The molecular weight excluding hydrogens is 280 g/mol. The third-order valence-electron chi connectivity index (χ3n) is 3.50. The van der Waals surface area contributed by atoms with Crippen LogP contribution in [0.1, 0.15) is 22.3 Å². The lowest BCUT2D eigenvalue weighted by Crippen LogP contribution is -2.39. The predicted octanol–water partition coefficient (Wildman–Crippen LogP) is 1.68. The van der Waals surface area contributed by atoms with Crippen LogP contribution in [-0.2, 0) is 14.3 Å². The van der Waals surface area contributed by atoms with Gasteiger partial charge in [0.05, 0.1) is 25.2 Å². The Bertz CT molecular complexity index is 680. The quantitative estimate of drug-likeness (QED) is 0.629. The first kappa shape index (κ1) is 15.8. The molecule has 1 aliphatic carbocycles. The average molecular weight is 296 g/mol. The number of esters is 1. The molecule has 112 valence electrons. The highest BCUT2D eigenvalue weighted by molar-refractivity contribution is 5.89. The van der Waals surface area contributed by atoms with Gasteiger partial charge < -0.3 is 9.47 Å². The van der Waals surface area contributed by atoms with E-state index >= 15 is 0 Å². The number of ether oxygens (including phenoxy) is 2. The van der Waals surface area contributed by atoms with Gasteiger partial charge in [-0.3, -0.25) is 4.79 Å². The SMILES string of the molecule is COC[C@@H]1C(=O)C[C@H]1C#CC#Cc1ccc(C(=O)OC)cc1. The largest absolute Gasteiger partial charge is 0.465 e. The van der Waals surface area contributed by atoms with E-state index in [1.807, 2.05) is 0 Å². The van der Waals surface area contributed by atoms with Crippen LogP contribution in [0.15, 0.2) is 24.3 Å². The van der Waals surface area contributed by atoms with Gasteiger partial charge in [-0.2, -0.15) is 0 Å². The zero-order valence-electron chi connectivity index (χ0n) is 12.5. The Kier molecular flexibility index (Phi) is 5.36. The molecule has 0 spiro atoms. The molecule has 1 aromatic carbocycles. The maximum atomic E-state index is 11.4. The Balaban J connectivity index is 1.96. The molecule has 0 heterocycles. The zero-order chi connectivity index (χ0) is 15.9. The molecule has 0 unspecified atom stereocenters. The lowest BCUT2D eigenvalue weighted by Gasteiger charge is -2.30. The molecule has 1 aromatic rings. The molecular formula is C18H16O4. The standard InChI is InChI=1S/C18H16O4/c1-21-12-16-15(11-17(16)19)6-4-3-5-13-7-9-14(10-8-13)18(20)22-2/h7-10,15-16H,11-12H2,1-2H3/t15-,16+/m1/s1. The highest BCUT2D eigenvalue weighted by Crippen LogP contribution is 2.29. The van der Waals surface area contributed by atoms with Crippen molar-refractivity contribution in [2.45, 2.75) is 6.42 Å². The summed E-state index contributed by atoms with van der Waals surface area (Å²) in [7, 11) is 2.92. The second kappa shape index (κ2) is 7.45. The van der Waals surface area contributed by atoms with Crippen molar-refractivity contribution in [3.05, 3.63) is 35.4 Å². The number of rotatable bonds is 3. The van der Waals surface area contributed by atoms with Crippen LogP contribution in [0.25, 0.3) is 0 Å². The Labute approximate surface area is 129 Å². The minimum Gasteiger partial charge on any atom is -0.465 e. The minimum atomic E-state index is -0.377. The van der Waals surface area contributed by atoms with Crippen molar-refractivity contribution < 1.29 is 19.1 Å². The second-order valence-electron chi connectivity index (χ2n) is 4.93. The Morgan fingerprint density at radius 3 is 2.55 bits per heavy atom. The summed E-state index contributed by atoms with van der Waals surface area (Å²) >= 11 is 0. The molecule has 0 saturated heterocycles. The number of carbonyl (C=O) groups is 2. The molecule has 0 aliphatic heterocycles. The monoisotopic (exact) mass is 296 g/mol. The fourth-order valence-corrected chi connectivity index (χ4v) is 2.15. The van der Waals surface area contributed by atoms with Gasteiger partial charge in [-0.15, -0.1) is 0 Å². The van der Waals surface area contributed by atoms with Crippen LogP contribution in [0.5, 0.6) is 0 Å². The second-order valence-corrected chi connectivity index (χ2v) is 4.93.